The first kappa shape index (κ1) is 11.5. The van der Waals surface area contributed by atoms with Crippen molar-refractivity contribution in [2.75, 3.05) is 0 Å². The van der Waals surface area contributed by atoms with E-state index in [1.807, 2.05) is 0 Å². The van der Waals surface area contributed by atoms with E-state index in [9.17, 15) is 4.79 Å². The zero-order valence-corrected chi connectivity index (χ0v) is 10.5. The molecule has 0 atom stereocenters. The van der Waals surface area contributed by atoms with Gasteiger partial charge in [0.05, 0.1) is 0 Å². The number of hydrogen-bond acceptors (Lipinski definition) is 3. The number of amides is 1. The lowest BCUT2D eigenvalue weighted by molar-refractivity contribution is 0.0938. The van der Waals surface area contributed by atoms with E-state index in [-0.39, 0.29) is 11.3 Å². The maximum atomic E-state index is 12.0. The van der Waals surface area contributed by atoms with Crippen LogP contribution in [-0.2, 0) is 0 Å². The lowest BCUT2D eigenvalue weighted by Crippen LogP contribution is -2.32. The Hall–Kier alpha value is -1.55. The molecule has 0 saturated heterocycles. The number of carbonyl (C=O) groups is 1. The second-order valence-electron chi connectivity index (χ2n) is 4.60. The van der Waals surface area contributed by atoms with Gasteiger partial charge in [-0.05, 0) is 42.6 Å². The summed E-state index contributed by atoms with van der Waals surface area (Å²) >= 11 is 5.67. The quantitative estimate of drug-likeness (QED) is 0.906. The van der Waals surface area contributed by atoms with Gasteiger partial charge in [0.15, 0.2) is 5.58 Å². The third kappa shape index (κ3) is 2.20. The van der Waals surface area contributed by atoms with Gasteiger partial charge in [-0.15, -0.1) is 0 Å². The number of aromatic nitrogens is 1. The lowest BCUT2D eigenvalue weighted by atomic mass is 10.1. The molecule has 1 fully saturated rings. The summed E-state index contributed by atoms with van der Waals surface area (Å²) < 4.78 is 5.20. The summed E-state index contributed by atoms with van der Waals surface area (Å²) in [5.74, 6) is -0.0590. The highest BCUT2D eigenvalue weighted by Crippen LogP contribution is 2.21. The number of nitrogens with zero attached hydrogens (tertiary/aromatic N) is 1. The summed E-state index contributed by atoms with van der Waals surface area (Å²) in [6.45, 7) is 0. The molecule has 1 heterocycles. The molecule has 1 saturated carbocycles. The summed E-state index contributed by atoms with van der Waals surface area (Å²) in [6, 6.07) is 5.48. The highest BCUT2D eigenvalue weighted by Gasteiger charge is 2.18. The van der Waals surface area contributed by atoms with E-state index >= 15 is 0 Å². The summed E-state index contributed by atoms with van der Waals surface area (Å²) in [5.41, 5.74) is 1.79. The molecule has 94 valence electrons. The van der Waals surface area contributed by atoms with E-state index in [0.29, 0.717) is 22.7 Å². The monoisotopic (exact) mass is 264 g/mol. The van der Waals surface area contributed by atoms with Crippen LogP contribution in [0.15, 0.2) is 22.6 Å². The Morgan fingerprint density at radius 3 is 2.94 bits per heavy atom. The molecule has 4 nitrogen and oxygen atoms in total. The Morgan fingerprint density at radius 2 is 2.17 bits per heavy atom. The molecule has 1 aliphatic carbocycles. The predicted molar refractivity (Wildman–Crippen MR) is 68.7 cm³/mol. The van der Waals surface area contributed by atoms with Crippen LogP contribution in [0.2, 0.25) is 5.35 Å². The van der Waals surface area contributed by atoms with Crippen molar-refractivity contribution in [2.24, 2.45) is 0 Å². The Bertz CT molecular complexity index is 588. The third-order valence-corrected chi connectivity index (χ3v) is 3.48. The van der Waals surface area contributed by atoms with Crippen molar-refractivity contribution in [3.63, 3.8) is 0 Å². The molecule has 0 spiro atoms. The summed E-state index contributed by atoms with van der Waals surface area (Å²) in [6.07, 6.45) is 4.54. The first-order chi connectivity index (χ1) is 8.72. The number of benzene rings is 1. The van der Waals surface area contributed by atoms with Gasteiger partial charge in [0, 0.05) is 11.6 Å². The molecule has 1 N–H and O–H groups in total. The maximum Gasteiger partial charge on any atom is 0.293 e. The third-order valence-electron chi connectivity index (χ3n) is 3.31. The van der Waals surface area contributed by atoms with E-state index in [4.69, 9.17) is 16.0 Å². The van der Waals surface area contributed by atoms with Crippen LogP contribution in [0.4, 0.5) is 0 Å². The van der Waals surface area contributed by atoms with Crippen LogP contribution in [-0.4, -0.2) is 16.9 Å². The Labute approximate surface area is 109 Å². The first-order valence-electron chi connectivity index (χ1n) is 6.09. The molecule has 1 amide bonds. The van der Waals surface area contributed by atoms with Gasteiger partial charge in [-0.1, -0.05) is 12.8 Å². The van der Waals surface area contributed by atoms with Gasteiger partial charge in [-0.25, -0.2) is 0 Å². The molecular weight excluding hydrogens is 252 g/mol. The fourth-order valence-electron chi connectivity index (χ4n) is 2.38. The SMILES string of the molecule is O=C(NC1CCCC1)c1ccc2nc(Cl)oc2c1. The second-order valence-corrected chi connectivity index (χ2v) is 4.93. The fraction of sp³-hybridized carbons (Fsp3) is 0.385. The largest absolute Gasteiger partial charge is 0.428 e. The van der Waals surface area contributed by atoms with Crippen molar-refractivity contribution in [3.8, 4) is 0 Å². The van der Waals surface area contributed by atoms with Gasteiger partial charge < -0.3 is 9.73 Å². The predicted octanol–water partition coefficient (Wildman–Crippen LogP) is 3.15. The van der Waals surface area contributed by atoms with E-state index in [0.717, 1.165) is 12.8 Å². The minimum atomic E-state index is -0.0590. The van der Waals surface area contributed by atoms with Crippen LogP contribution in [0.25, 0.3) is 11.1 Å². The zero-order chi connectivity index (χ0) is 12.5. The van der Waals surface area contributed by atoms with Crippen molar-refractivity contribution in [2.45, 2.75) is 31.7 Å². The van der Waals surface area contributed by atoms with Crippen molar-refractivity contribution in [3.05, 3.63) is 29.1 Å². The topological polar surface area (TPSA) is 55.1 Å². The molecule has 2 aromatic rings. The smallest absolute Gasteiger partial charge is 0.293 e. The normalized spacial score (nSPS) is 16.3. The highest BCUT2D eigenvalue weighted by atomic mass is 35.5. The van der Waals surface area contributed by atoms with Gasteiger partial charge in [-0.3, -0.25) is 4.79 Å². The highest BCUT2D eigenvalue weighted by molar-refractivity contribution is 6.28. The van der Waals surface area contributed by atoms with Crippen LogP contribution in [0.3, 0.4) is 0 Å². The molecular formula is C13H13ClN2O2. The molecule has 5 heteroatoms. The molecule has 18 heavy (non-hydrogen) atoms. The summed E-state index contributed by atoms with van der Waals surface area (Å²) in [5, 5.41) is 3.13. The number of fused-ring (bicyclic) bond motifs is 1. The summed E-state index contributed by atoms with van der Waals surface area (Å²) in [4.78, 5) is 16.0. The second kappa shape index (κ2) is 4.61. The molecule has 1 aromatic heterocycles. The molecule has 0 bridgehead atoms. The van der Waals surface area contributed by atoms with Gasteiger partial charge in [0.1, 0.15) is 5.52 Å². The van der Waals surface area contributed by atoms with Crippen LogP contribution in [0, 0.1) is 0 Å². The molecule has 0 unspecified atom stereocenters. The maximum absolute atomic E-state index is 12.0. The molecule has 0 aliphatic heterocycles. The Balaban J connectivity index is 1.81. The number of carbonyl (C=O) groups excluding carboxylic acids is 1. The molecule has 3 rings (SSSR count). The van der Waals surface area contributed by atoms with Crippen molar-refractivity contribution in [1.82, 2.24) is 10.3 Å². The fourth-order valence-corrected chi connectivity index (χ4v) is 2.55. The number of nitrogens with one attached hydrogen (secondary N) is 1. The van der Waals surface area contributed by atoms with E-state index < -0.39 is 0 Å². The molecule has 1 aromatic carbocycles. The van der Waals surface area contributed by atoms with Gasteiger partial charge >= 0.3 is 0 Å². The lowest BCUT2D eigenvalue weighted by Gasteiger charge is -2.11. The first-order valence-corrected chi connectivity index (χ1v) is 6.47. The standard InChI is InChI=1S/C13H13ClN2O2/c14-13-16-10-6-5-8(7-11(10)18-13)12(17)15-9-3-1-2-4-9/h5-7,9H,1-4H2,(H,15,17). The Morgan fingerprint density at radius 1 is 1.39 bits per heavy atom. The molecule has 0 radical (unpaired) electrons. The van der Waals surface area contributed by atoms with Gasteiger partial charge in [0.2, 0.25) is 0 Å². The minimum Gasteiger partial charge on any atom is -0.428 e. The Kier molecular flexibility index (Phi) is 2.96. The summed E-state index contributed by atoms with van der Waals surface area (Å²) in [7, 11) is 0. The van der Waals surface area contributed by atoms with E-state index in [1.54, 1.807) is 18.2 Å². The zero-order valence-electron chi connectivity index (χ0n) is 9.78. The average molecular weight is 265 g/mol. The van der Waals surface area contributed by atoms with Gasteiger partial charge in [-0.2, -0.15) is 4.98 Å². The van der Waals surface area contributed by atoms with Crippen LogP contribution >= 0.6 is 11.6 Å². The van der Waals surface area contributed by atoms with Crippen LogP contribution in [0.1, 0.15) is 36.0 Å². The van der Waals surface area contributed by atoms with Crippen LogP contribution in [0.5, 0.6) is 0 Å². The van der Waals surface area contributed by atoms with E-state index in [2.05, 4.69) is 10.3 Å². The minimum absolute atomic E-state index is 0.0590. The number of halogens is 1. The number of rotatable bonds is 2. The average Bonchev–Trinajstić information content (AvgIpc) is 2.95. The van der Waals surface area contributed by atoms with Crippen LogP contribution < -0.4 is 5.32 Å². The number of hydrogen-bond donors (Lipinski definition) is 1. The van der Waals surface area contributed by atoms with Gasteiger partial charge in [0.25, 0.3) is 11.3 Å². The van der Waals surface area contributed by atoms with Crippen molar-refractivity contribution < 1.29 is 9.21 Å². The van der Waals surface area contributed by atoms with Crippen molar-refractivity contribution in [1.29, 1.82) is 0 Å². The number of oxazole rings is 1. The van der Waals surface area contributed by atoms with E-state index in [1.165, 1.54) is 12.8 Å². The molecule has 1 aliphatic rings. The van der Waals surface area contributed by atoms with Crippen molar-refractivity contribution >= 4 is 28.6 Å².